The monoisotopic (exact) mass is 340 g/mol. The van der Waals surface area contributed by atoms with E-state index in [-0.39, 0.29) is 12.5 Å². The van der Waals surface area contributed by atoms with Crippen molar-refractivity contribution in [3.8, 4) is 5.75 Å². The van der Waals surface area contributed by atoms with E-state index in [2.05, 4.69) is 15.2 Å². The summed E-state index contributed by atoms with van der Waals surface area (Å²) in [7, 11) is 0. The topological polar surface area (TPSA) is 74.8 Å². The minimum atomic E-state index is -0.238. The van der Waals surface area contributed by atoms with Crippen LogP contribution < -0.4 is 15.0 Å². The number of pyridine rings is 1. The number of anilines is 2. The fourth-order valence-corrected chi connectivity index (χ4v) is 2.57. The van der Waals surface area contributed by atoms with E-state index in [4.69, 9.17) is 4.74 Å². The summed E-state index contributed by atoms with van der Waals surface area (Å²) in [6.07, 6.45) is 2.50. The molecule has 0 spiro atoms. The van der Waals surface area contributed by atoms with Crippen molar-refractivity contribution in [2.75, 3.05) is 43.0 Å². The Kier molecular flexibility index (Phi) is 5.46. The molecule has 0 unspecified atom stereocenters. The van der Waals surface area contributed by atoms with Crippen LogP contribution in [0.3, 0.4) is 0 Å². The number of amides is 2. The lowest BCUT2D eigenvalue weighted by molar-refractivity contribution is -0.119. The van der Waals surface area contributed by atoms with Crippen molar-refractivity contribution in [1.29, 1.82) is 0 Å². The van der Waals surface area contributed by atoms with Crippen LogP contribution in [-0.2, 0) is 9.59 Å². The third-order valence-electron chi connectivity index (χ3n) is 3.93. The zero-order chi connectivity index (χ0) is 17.5. The zero-order valence-electron chi connectivity index (χ0n) is 13.8. The predicted molar refractivity (Wildman–Crippen MR) is 94.7 cm³/mol. The quantitative estimate of drug-likeness (QED) is 0.804. The first-order chi connectivity index (χ1) is 12.2. The number of hydrogen-bond donors (Lipinski definition) is 1. The van der Waals surface area contributed by atoms with E-state index in [9.17, 15) is 9.59 Å². The first-order valence-corrected chi connectivity index (χ1v) is 8.12. The summed E-state index contributed by atoms with van der Waals surface area (Å²) in [6, 6.07) is 12.9. The molecule has 7 heteroatoms. The second-order valence-electron chi connectivity index (χ2n) is 5.68. The van der Waals surface area contributed by atoms with Crippen molar-refractivity contribution >= 4 is 23.8 Å². The first kappa shape index (κ1) is 16.8. The summed E-state index contributed by atoms with van der Waals surface area (Å²) < 4.78 is 5.41. The van der Waals surface area contributed by atoms with Crippen molar-refractivity contribution in [3.05, 3.63) is 48.7 Å². The van der Waals surface area contributed by atoms with E-state index in [1.807, 2.05) is 30.3 Å². The van der Waals surface area contributed by atoms with Gasteiger partial charge in [0.25, 0.3) is 5.91 Å². The van der Waals surface area contributed by atoms with Crippen LogP contribution in [0.1, 0.15) is 0 Å². The van der Waals surface area contributed by atoms with Gasteiger partial charge in [-0.05, 0) is 24.3 Å². The van der Waals surface area contributed by atoms with Gasteiger partial charge in [0.2, 0.25) is 6.41 Å². The highest BCUT2D eigenvalue weighted by Crippen LogP contribution is 2.16. The average Bonchev–Trinajstić information content (AvgIpc) is 2.68. The van der Waals surface area contributed by atoms with Crippen molar-refractivity contribution in [1.82, 2.24) is 9.88 Å². The van der Waals surface area contributed by atoms with Crippen molar-refractivity contribution in [2.24, 2.45) is 0 Å². The number of piperazine rings is 1. The van der Waals surface area contributed by atoms with Gasteiger partial charge in [0, 0.05) is 26.2 Å². The molecule has 1 aromatic heterocycles. The summed E-state index contributed by atoms with van der Waals surface area (Å²) >= 11 is 0. The first-order valence-electron chi connectivity index (χ1n) is 8.12. The summed E-state index contributed by atoms with van der Waals surface area (Å²) in [5, 5.41) is 2.76. The molecule has 1 aliphatic rings. The molecule has 3 rings (SSSR count). The SMILES string of the molecule is O=CN1CCN(c2ccc(NC(=O)COc3ccccc3)cn2)CC1. The molecule has 0 aliphatic carbocycles. The van der Waals surface area contributed by atoms with Gasteiger partial charge < -0.3 is 19.9 Å². The molecule has 1 aromatic carbocycles. The van der Waals surface area contributed by atoms with Gasteiger partial charge in [-0.3, -0.25) is 9.59 Å². The standard InChI is InChI=1S/C18H20N4O3/c23-14-21-8-10-22(11-9-21)17-7-6-15(12-19-17)20-18(24)13-25-16-4-2-1-3-5-16/h1-7,12,14H,8-11,13H2,(H,20,24). The Morgan fingerprint density at radius 1 is 1.12 bits per heavy atom. The van der Waals surface area contributed by atoms with Gasteiger partial charge in [0.15, 0.2) is 6.61 Å². The van der Waals surface area contributed by atoms with Crippen molar-refractivity contribution in [2.45, 2.75) is 0 Å². The Labute approximate surface area is 146 Å². The van der Waals surface area contributed by atoms with E-state index in [0.29, 0.717) is 24.5 Å². The molecule has 1 fully saturated rings. The second kappa shape index (κ2) is 8.14. The fourth-order valence-electron chi connectivity index (χ4n) is 2.57. The lowest BCUT2D eigenvalue weighted by Crippen LogP contribution is -2.46. The van der Waals surface area contributed by atoms with Gasteiger partial charge in [0.1, 0.15) is 11.6 Å². The molecule has 0 atom stereocenters. The fraction of sp³-hybridized carbons (Fsp3) is 0.278. The summed E-state index contributed by atoms with van der Waals surface area (Å²) in [5.74, 6) is 1.25. The van der Waals surface area contributed by atoms with Crippen LogP contribution in [-0.4, -0.2) is 55.0 Å². The normalized spacial score (nSPS) is 14.1. The number of ether oxygens (including phenoxy) is 1. The van der Waals surface area contributed by atoms with Gasteiger partial charge in [-0.15, -0.1) is 0 Å². The Morgan fingerprint density at radius 2 is 1.88 bits per heavy atom. The maximum Gasteiger partial charge on any atom is 0.262 e. The third-order valence-corrected chi connectivity index (χ3v) is 3.93. The molecular weight excluding hydrogens is 320 g/mol. The van der Waals surface area contributed by atoms with E-state index in [0.717, 1.165) is 25.3 Å². The molecule has 0 saturated carbocycles. The molecule has 1 N–H and O–H groups in total. The van der Waals surface area contributed by atoms with E-state index >= 15 is 0 Å². The molecule has 1 aliphatic heterocycles. The average molecular weight is 340 g/mol. The van der Waals surface area contributed by atoms with E-state index in [1.165, 1.54) is 0 Å². The van der Waals surface area contributed by atoms with Crippen LogP contribution in [0.5, 0.6) is 5.75 Å². The largest absolute Gasteiger partial charge is 0.484 e. The number of hydrogen-bond acceptors (Lipinski definition) is 5. The Morgan fingerprint density at radius 3 is 2.52 bits per heavy atom. The molecule has 25 heavy (non-hydrogen) atoms. The number of rotatable bonds is 6. The maximum absolute atomic E-state index is 11.9. The molecular formula is C18H20N4O3. The minimum Gasteiger partial charge on any atom is -0.484 e. The predicted octanol–water partition coefficient (Wildman–Crippen LogP) is 1.38. The van der Waals surface area contributed by atoms with E-state index in [1.54, 1.807) is 23.2 Å². The van der Waals surface area contributed by atoms with Gasteiger partial charge in [0.05, 0.1) is 11.9 Å². The van der Waals surface area contributed by atoms with E-state index < -0.39 is 0 Å². The highest BCUT2D eigenvalue weighted by atomic mass is 16.5. The van der Waals surface area contributed by atoms with Crippen LogP contribution in [0.25, 0.3) is 0 Å². The van der Waals surface area contributed by atoms with Crippen LogP contribution in [0.2, 0.25) is 0 Å². The number of nitrogens with zero attached hydrogens (tertiary/aromatic N) is 3. The maximum atomic E-state index is 11.9. The van der Waals surface area contributed by atoms with Gasteiger partial charge >= 0.3 is 0 Å². The van der Waals surface area contributed by atoms with Gasteiger partial charge in [-0.25, -0.2) is 4.98 Å². The molecule has 0 radical (unpaired) electrons. The highest BCUT2D eigenvalue weighted by molar-refractivity contribution is 5.91. The molecule has 1 saturated heterocycles. The zero-order valence-corrected chi connectivity index (χ0v) is 13.8. The van der Waals surface area contributed by atoms with Crippen LogP contribution in [0.15, 0.2) is 48.7 Å². The molecule has 7 nitrogen and oxygen atoms in total. The lowest BCUT2D eigenvalue weighted by atomic mass is 10.3. The Bertz CT molecular complexity index is 698. The van der Waals surface area contributed by atoms with Crippen LogP contribution in [0.4, 0.5) is 11.5 Å². The smallest absolute Gasteiger partial charge is 0.262 e. The highest BCUT2D eigenvalue weighted by Gasteiger charge is 2.16. The van der Waals surface area contributed by atoms with Crippen molar-refractivity contribution in [3.63, 3.8) is 0 Å². The number of aromatic nitrogens is 1. The van der Waals surface area contributed by atoms with Crippen LogP contribution in [0, 0.1) is 0 Å². The Hall–Kier alpha value is -3.09. The number of carbonyl (C=O) groups excluding carboxylic acids is 2. The minimum absolute atomic E-state index is 0.0561. The number of para-hydroxylation sites is 1. The number of benzene rings is 1. The second-order valence-corrected chi connectivity index (χ2v) is 5.68. The summed E-state index contributed by atoms with van der Waals surface area (Å²) in [6.45, 7) is 2.84. The number of nitrogens with one attached hydrogen (secondary N) is 1. The molecule has 2 amide bonds. The Balaban J connectivity index is 1.49. The lowest BCUT2D eigenvalue weighted by Gasteiger charge is -2.33. The van der Waals surface area contributed by atoms with Gasteiger partial charge in [-0.2, -0.15) is 0 Å². The molecule has 130 valence electrons. The third kappa shape index (κ3) is 4.69. The number of carbonyl (C=O) groups is 2. The molecule has 2 heterocycles. The summed E-state index contributed by atoms with van der Waals surface area (Å²) in [4.78, 5) is 30.9. The molecule has 2 aromatic rings. The van der Waals surface area contributed by atoms with Crippen LogP contribution >= 0.6 is 0 Å². The summed E-state index contributed by atoms with van der Waals surface area (Å²) in [5.41, 5.74) is 0.622. The molecule has 0 bridgehead atoms. The van der Waals surface area contributed by atoms with Gasteiger partial charge in [-0.1, -0.05) is 18.2 Å². The van der Waals surface area contributed by atoms with Crippen molar-refractivity contribution < 1.29 is 14.3 Å².